The van der Waals surface area contributed by atoms with E-state index in [9.17, 15) is 40.9 Å². The van der Waals surface area contributed by atoms with Gasteiger partial charge in [-0.25, -0.2) is 0 Å². The highest BCUT2D eigenvalue weighted by molar-refractivity contribution is 5.69. The van der Waals surface area contributed by atoms with Gasteiger partial charge in [0.2, 0.25) is 0 Å². The molecule has 0 amide bonds. The second-order valence-electron chi connectivity index (χ2n) is 7.33. The van der Waals surface area contributed by atoms with E-state index in [4.69, 9.17) is 9.47 Å². The highest BCUT2D eigenvalue weighted by Gasteiger charge is 2.45. The Hall–Kier alpha value is -1.58. The summed E-state index contributed by atoms with van der Waals surface area (Å²) in [6.45, 7) is -1.15. The largest absolute Gasteiger partial charge is 0.394 e. The maximum absolute atomic E-state index is 10.2. The zero-order valence-electron chi connectivity index (χ0n) is 15.9. The highest BCUT2D eigenvalue weighted by Crippen LogP contribution is 2.30. The van der Waals surface area contributed by atoms with E-state index in [1.54, 1.807) is 24.3 Å². The maximum Gasteiger partial charge on any atom is 0.157 e. The van der Waals surface area contributed by atoms with Crippen molar-refractivity contribution in [3.05, 3.63) is 24.3 Å². The minimum Gasteiger partial charge on any atom is -0.394 e. The number of nitrogens with one attached hydrogen (secondary N) is 2. The normalized spacial score (nSPS) is 42.0. The van der Waals surface area contributed by atoms with Crippen LogP contribution in [0.25, 0.3) is 0 Å². The summed E-state index contributed by atoms with van der Waals surface area (Å²) in [5.41, 5.74) is 0.692. The van der Waals surface area contributed by atoms with Gasteiger partial charge >= 0.3 is 0 Å². The lowest BCUT2D eigenvalue weighted by Gasteiger charge is -2.42. The molecule has 0 aromatic heterocycles. The molecule has 0 bridgehead atoms. The quantitative estimate of drug-likeness (QED) is 0.210. The molecule has 3 rings (SSSR count). The Bertz CT molecular complexity index is 636. The molecular formula is C18H28N2O10. The minimum atomic E-state index is -1.56. The number of hydrogen-bond donors (Lipinski definition) is 10. The fraction of sp³-hybridized carbons (Fsp3) is 0.667. The number of rotatable bonds is 6. The lowest BCUT2D eigenvalue weighted by atomic mass is 9.98. The van der Waals surface area contributed by atoms with Crippen LogP contribution in [0, 0.1) is 0 Å². The number of hydrogen-bond acceptors (Lipinski definition) is 12. The fourth-order valence-corrected chi connectivity index (χ4v) is 3.48. The van der Waals surface area contributed by atoms with Gasteiger partial charge in [0, 0.05) is 0 Å². The Kier molecular flexibility index (Phi) is 7.47. The zero-order chi connectivity index (χ0) is 22.0. The summed E-state index contributed by atoms with van der Waals surface area (Å²) in [5, 5.41) is 84.4. The molecule has 170 valence electrons. The van der Waals surface area contributed by atoms with Gasteiger partial charge in [0.15, 0.2) is 12.5 Å². The Morgan fingerprint density at radius 1 is 0.600 bits per heavy atom. The van der Waals surface area contributed by atoms with Crippen molar-refractivity contribution >= 4 is 11.4 Å². The van der Waals surface area contributed by atoms with Gasteiger partial charge < -0.3 is 61.0 Å². The molecule has 2 saturated heterocycles. The van der Waals surface area contributed by atoms with Crippen molar-refractivity contribution < 1.29 is 50.3 Å². The summed E-state index contributed by atoms with van der Waals surface area (Å²) in [6, 6.07) is 6.50. The standard InChI is InChI=1S/C18H28N2O10/c21-5-9-11(23)13(25)15(27)17(29-9)19-7-3-1-2-4-8(7)20-18-16(28)14(26)12(24)10(6-22)30-18/h1-4,9-28H,5-6H2/t9-,10-,11+,12+,13+,14+,15-,16+,17+,18-/m0/s1. The van der Waals surface area contributed by atoms with Crippen LogP contribution in [-0.2, 0) is 9.47 Å². The topological polar surface area (TPSA) is 204 Å². The number of aliphatic hydroxyl groups excluding tert-OH is 8. The van der Waals surface area contributed by atoms with E-state index in [-0.39, 0.29) is 0 Å². The third-order valence-corrected chi connectivity index (χ3v) is 5.31. The number of aliphatic hydroxyl groups is 8. The first-order chi connectivity index (χ1) is 14.3. The molecule has 0 saturated carbocycles. The lowest BCUT2D eigenvalue weighted by molar-refractivity contribution is -0.222. The molecule has 2 aliphatic rings. The van der Waals surface area contributed by atoms with E-state index >= 15 is 0 Å². The molecule has 0 unspecified atom stereocenters. The number of benzene rings is 1. The van der Waals surface area contributed by atoms with Gasteiger partial charge in [-0.3, -0.25) is 0 Å². The van der Waals surface area contributed by atoms with Crippen LogP contribution in [0.15, 0.2) is 24.3 Å². The van der Waals surface area contributed by atoms with Gasteiger partial charge in [-0.15, -0.1) is 0 Å². The van der Waals surface area contributed by atoms with Crippen LogP contribution in [0.2, 0.25) is 0 Å². The highest BCUT2D eigenvalue weighted by atomic mass is 16.6. The Labute approximate surface area is 171 Å². The maximum atomic E-state index is 10.2. The summed E-state index contributed by atoms with van der Waals surface area (Å²) in [4.78, 5) is 0. The van der Waals surface area contributed by atoms with Crippen LogP contribution in [0.5, 0.6) is 0 Å². The van der Waals surface area contributed by atoms with Gasteiger partial charge in [0.25, 0.3) is 0 Å². The number of para-hydroxylation sites is 2. The average Bonchev–Trinajstić information content (AvgIpc) is 2.75. The minimum absolute atomic E-state index is 0.346. The molecule has 30 heavy (non-hydrogen) atoms. The Morgan fingerprint density at radius 3 is 1.30 bits per heavy atom. The first-order valence-electron chi connectivity index (χ1n) is 9.51. The van der Waals surface area contributed by atoms with E-state index in [0.29, 0.717) is 11.4 Å². The van der Waals surface area contributed by atoms with Crippen LogP contribution in [0.3, 0.4) is 0 Å². The van der Waals surface area contributed by atoms with Gasteiger partial charge in [0.05, 0.1) is 24.6 Å². The second kappa shape index (κ2) is 9.70. The molecule has 10 N–H and O–H groups in total. The molecule has 0 radical (unpaired) electrons. The molecule has 2 fully saturated rings. The summed E-state index contributed by atoms with van der Waals surface area (Å²) in [7, 11) is 0. The van der Waals surface area contributed by atoms with Crippen LogP contribution in [-0.4, -0.2) is 115 Å². The molecule has 1 aromatic carbocycles. The first kappa shape index (κ1) is 23.1. The predicted molar refractivity (Wildman–Crippen MR) is 101 cm³/mol. The van der Waals surface area contributed by atoms with Crippen molar-refractivity contribution in [1.29, 1.82) is 0 Å². The zero-order valence-corrected chi connectivity index (χ0v) is 15.9. The van der Waals surface area contributed by atoms with E-state index in [0.717, 1.165) is 0 Å². The first-order valence-corrected chi connectivity index (χ1v) is 9.51. The van der Waals surface area contributed by atoms with Crippen molar-refractivity contribution in [1.82, 2.24) is 0 Å². The molecule has 2 aliphatic heterocycles. The van der Waals surface area contributed by atoms with Crippen LogP contribution >= 0.6 is 0 Å². The lowest BCUT2D eigenvalue weighted by Crippen LogP contribution is -2.61. The summed E-state index contributed by atoms with van der Waals surface area (Å²) in [5.74, 6) is 0. The monoisotopic (exact) mass is 432 g/mol. The van der Waals surface area contributed by atoms with E-state index in [1.165, 1.54) is 0 Å². The van der Waals surface area contributed by atoms with Crippen molar-refractivity contribution in [3.63, 3.8) is 0 Å². The molecular weight excluding hydrogens is 404 g/mol. The Morgan fingerprint density at radius 2 is 0.967 bits per heavy atom. The molecule has 10 atom stereocenters. The van der Waals surface area contributed by atoms with Crippen molar-refractivity contribution in [2.75, 3.05) is 23.8 Å². The van der Waals surface area contributed by atoms with Crippen LogP contribution in [0.4, 0.5) is 11.4 Å². The third-order valence-electron chi connectivity index (χ3n) is 5.31. The SMILES string of the molecule is OC[C@@H]1O[C@@H](Nc2ccccc2N[C@H]2O[C@@H](CO)[C@@H](O)[C@@H](O)[C@H]2O)[C@@H](O)[C@H](O)[C@@H]1O. The van der Waals surface area contributed by atoms with Crippen LogP contribution in [0.1, 0.15) is 0 Å². The van der Waals surface area contributed by atoms with Crippen molar-refractivity contribution in [2.45, 2.75) is 61.3 Å². The summed E-state index contributed by atoms with van der Waals surface area (Å²) < 4.78 is 10.9. The van der Waals surface area contributed by atoms with Crippen molar-refractivity contribution in [2.24, 2.45) is 0 Å². The van der Waals surface area contributed by atoms with Crippen molar-refractivity contribution in [3.8, 4) is 0 Å². The third kappa shape index (κ3) is 4.53. The van der Waals surface area contributed by atoms with Gasteiger partial charge in [-0.05, 0) is 12.1 Å². The average molecular weight is 432 g/mol. The van der Waals surface area contributed by atoms with Gasteiger partial charge in [0.1, 0.15) is 48.8 Å². The predicted octanol–water partition coefficient (Wildman–Crippen LogP) is -3.89. The molecule has 0 spiro atoms. The van der Waals surface area contributed by atoms with Crippen LogP contribution < -0.4 is 10.6 Å². The van der Waals surface area contributed by atoms with E-state index in [2.05, 4.69) is 10.6 Å². The number of ether oxygens (including phenoxy) is 2. The van der Waals surface area contributed by atoms with E-state index in [1.807, 2.05) is 0 Å². The molecule has 0 aliphatic carbocycles. The Balaban J connectivity index is 1.76. The summed E-state index contributed by atoms with van der Waals surface area (Å²) >= 11 is 0. The van der Waals surface area contributed by atoms with Gasteiger partial charge in [-0.2, -0.15) is 0 Å². The smallest absolute Gasteiger partial charge is 0.157 e. The van der Waals surface area contributed by atoms with E-state index < -0.39 is 74.5 Å². The molecule has 1 aromatic rings. The number of anilines is 2. The summed E-state index contributed by atoms with van der Waals surface area (Å²) in [6.07, 6.45) is -13.7. The fourth-order valence-electron chi connectivity index (χ4n) is 3.48. The molecule has 2 heterocycles. The molecule has 12 heteroatoms. The second-order valence-corrected chi connectivity index (χ2v) is 7.33. The van der Waals surface area contributed by atoms with Gasteiger partial charge in [-0.1, -0.05) is 12.1 Å². The molecule has 12 nitrogen and oxygen atoms in total.